The van der Waals surface area contributed by atoms with Crippen LogP contribution in [-0.2, 0) is 22.5 Å². The van der Waals surface area contributed by atoms with Crippen molar-refractivity contribution >= 4 is 54.8 Å². The topological polar surface area (TPSA) is 77.7 Å². The van der Waals surface area contributed by atoms with Gasteiger partial charge in [-0.15, -0.1) is 11.3 Å². The molecular weight excluding hydrogens is 478 g/mol. The molecule has 0 aliphatic carbocycles. The van der Waals surface area contributed by atoms with Crippen molar-refractivity contribution in [3.63, 3.8) is 0 Å². The fourth-order valence-electron chi connectivity index (χ4n) is 4.28. The van der Waals surface area contributed by atoms with Crippen LogP contribution in [0.2, 0.25) is 0 Å². The lowest BCUT2D eigenvalue weighted by molar-refractivity contribution is -0.0396. The van der Waals surface area contributed by atoms with E-state index in [1.807, 2.05) is 24.3 Å². The van der Waals surface area contributed by atoms with Gasteiger partial charge in [0.2, 0.25) is 5.78 Å². The van der Waals surface area contributed by atoms with Crippen molar-refractivity contribution in [3.8, 4) is 0 Å². The van der Waals surface area contributed by atoms with Crippen molar-refractivity contribution in [2.24, 2.45) is 0 Å². The number of fused-ring (bicyclic) bond motifs is 3. The van der Waals surface area contributed by atoms with Crippen LogP contribution in [0.15, 0.2) is 28.7 Å². The Bertz CT molecular complexity index is 1170. The molecule has 2 aromatic heterocycles. The first kappa shape index (κ1) is 20.9. The summed E-state index contributed by atoms with van der Waals surface area (Å²) in [6.45, 7) is 7.62. The molecule has 1 fully saturated rings. The van der Waals surface area contributed by atoms with Crippen LogP contribution in [0.1, 0.15) is 40.2 Å². The van der Waals surface area contributed by atoms with Gasteiger partial charge in [0.25, 0.3) is 0 Å². The van der Waals surface area contributed by atoms with Gasteiger partial charge < -0.3 is 20.1 Å². The van der Waals surface area contributed by atoms with Crippen LogP contribution in [0.25, 0.3) is 10.2 Å². The minimum atomic E-state index is -0.298. The van der Waals surface area contributed by atoms with Crippen molar-refractivity contribution < 1.29 is 14.3 Å². The number of carbonyl (C=O) groups excluding carboxylic acids is 1. The summed E-state index contributed by atoms with van der Waals surface area (Å²) in [4.78, 5) is 21.9. The molecule has 0 unspecified atom stereocenters. The molecule has 2 aliphatic rings. The number of nitrogens with two attached hydrogens (primary N) is 1. The van der Waals surface area contributed by atoms with Gasteiger partial charge >= 0.3 is 0 Å². The molecule has 8 heteroatoms. The first-order valence-electron chi connectivity index (χ1n) is 10.3. The summed E-state index contributed by atoms with van der Waals surface area (Å²) in [7, 11) is 0. The predicted octanol–water partition coefficient (Wildman–Crippen LogP) is 4.56. The summed E-state index contributed by atoms with van der Waals surface area (Å²) < 4.78 is 12.6. The Kier molecular flexibility index (Phi) is 5.29. The fraction of sp³-hybridized carbons (Fsp3) is 0.391. The molecule has 31 heavy (non-hydrogen) atoms. The largest absolute Gasteiger partial charge is 0.397 e. The highest BCUT2D eigenvalue weighted by molar-refractivity contribution is 9.10. The van der Waals surface area contributed by atoms with Crippen LogP contribution in [0.4, 0.5) is 11.5 Å². The number of nitrogens with zero attached hydrogens (tertiary/aromatic N) is 2. The number of pyridine rings is 1. The number of halogens is 1. The van der Waals surface area contributed by atoms with E-state index in [1.54, 1.807) is 0 Å². The molecule has 0 atom stereocenters. The molecule has 0 spiro atoms. The molecular formula is C23H24BrN3O3S. The first-order chi connectivity index (χ1) is 14.8. The maximum atomic E-state index is 13.3. The van der Waals surface area contributed by atoms with Crippen LogP contribution in [0.3, 0.4) is 0 Å². The monoisotopic (exact) mass is 501 g/mol. The maximum Gasteiger partial charge on any atom is 0.205 e. The van der Waals surface area contributed by atoms with E-state index in [1.165, 1.54) is 11.3 Å². The Labute approximate surface area is 193 Å². The van der Waals surface area contributed by atoms with Gasteiger partial charge in [0.15, 0.2) is 0 Å². The third-order valence-electron chi connectivity index (χ3n) is 5.90. The van der Waals surface area contributed by atoms with E-state index in [0.717, 1.165) is 51.1 Å². The number of thiophene rings is 1. The molecule has 162 valence electrons. The first-order valence-corrected chi connectivity index (χ1v) is 12.0. The van der Waals surface area contributed by atoms with E-state index in [9.17, 15) is 4.79 Å². The normalized spacial score (nSPS) is 18.2. The number of carbonyl (C=O) groups is 1. The van der Waals surface area contributed by atoms with Gasteiger partial charge in [0, 0.05) is 40.5 Å². The van der Waals surface area contributed by atoms with Crippen LogP contribution in [0, 0.1) is 0 Å². The van der Waals surface area contributed by atoms with E-state index in [-0.39, 0.29) is 11.4 Å². The Morgan fingerprint density at radius 1 is 1.19 bits per heavy atom. The van der Waals surface area contributed by atoms with Gasteiger partial charge in [-0.25, -0.2) is 4.98 Å². The Morgan fingerprint density at radius 2 is 1.90 bits per heavy atom. The molecule has 4 heterocycles. The molecule has 1 aromatic carbocycles. The maximum absolute atomic E-state index is 13.3. The predicted molar refractivity (Wildman–Crippen MR) is 127 cm³/mol. The molecule has 1 saturated heterocycles. The highest BCUT2D eigenvalue weighted by atomic mass is 79.9. The third-order valence-corrected chi connectivity index (χ3v) is 7.53. The Morgan fingerprint density at radius 3 is 2.61 bits per heavy atom. The van der Waals surface area contributed by atoms with E-state index in [2.05, 4.69) is 34.7 Å². The average molecular weight is 502 g/mol. The average Bonchev–Trinajstić information content (AvgIpc) is 3.09. The number of ether oxygens (including phenoxy) is 2. The number of hydrogen-bond donors (Lipinski definition) is 1. The number of anilines is 2. The smallest absolute Gasteiger partial charge is 0.205 e. The standard InChI is InChI=1S/C23H24BrN3O3S/c1-23(2)11-15-16(12-30-23)21(27-7-9-29-10-8-27)26-22-17(15)18(25)20(31-22)19(28)13-3-5-14(24)6-4-13/h3-6H,7-12,25H2,1-2H3. The molecule has 3 aromatic rings. The SMILES string of the molecule is CC1(C)Cc2c(c(N3CCOCC3)nc3sc(C(=O)c4ccc(Br)cc4)c(N)c23)CO1. The zero-order valence-corrected chi connectivity index (χ0v) is 19.9. The Hall–Kier alpha value is -2.00. The summed E-state index contributed by atoms with van der Waals surface area (Å²) in [6, 6.07) is 7.37. The molecule has 0 bridgehead atoms. The molecule has 0 amide bonds. The van der Waals surface area contributed by atoms with Crippen LogP contribution in [-0.4, -0.2) is 42.7 Å². The zero-order valence-electron chi connectivity index (χ0n) is 17.5. The van der Waals surface area contributed by atoms with Gasteiger partial charge in [-0.1, -0.05) is 15.9 Å². The number of ketones is 1. The number of morpholine rings is 1. The molecule has 0 saturated carbocycles. The molecule has 2 N–H and O–H groups in total. The molecule has 2 aliphatic heterocycles. The molecule has 6 nitrogen and oxygen atoms in total. The third kappa shape index (κ3) is 3.75. The number of benzene rings is 1. The van der Waals surface area contributed by atoms with E-state index in [4.69, 9.17) is 20.2 Å². The molecule has 0 radical (unpaired) electrons. The van der Waals surface area contributed by atoms with E-state index in [0.29, 0.717) is 35.9 Å². The number of rotatable bonds is 3. The minimum Gasteiger partial charge on any atom is -0.397 e. The van der Waals surface area contributed by atoms with Crippen LogP contribution >= 0.6 is 27.3 Å². The minimum absolute atomic E-state index is 0.0685. The van der Waals surface area contributed by atoms with Gasteiger partial charge in [-0.05, 0) is 43.7 Å². The summed E-state index contributed by atoms with van der Waals surface area (Å²) in [5, 5.41) is 0.911. The van der Waals surface area contributed by atoms with E-state index >= 15 is 0 Å². The second-order valence-electron chi connectivity index (χ2n) is 8.58. The highest BCUT2D eigenvalue weighted by Gasteiger charge is 2.34. The van der Waals surface area contributed by atoms with Gasteiger partial charge in [0.1, 0.15) is 15.5 Å². The summed E-state index contributed by atoms with van der Waals surface area (Å²) in [5.74, 6) is 0.867. The highest BCUT2D eigenvalue weighted by Crippen LogP contribution is 2.44. The lowest BCUT2D eigenvalue weighted by Crippen LogP contribution is -2.39. The summed E-state index contributed by atoms with van der Waals surface area (Å²) in [5.41, 5.74) is 9.71. The summed E-state index contributed by atoms with van der Waals surface area (Å²) >= 11 is 4.81. The Balaban J connectivity index is 1.68. The van der Waals surface area contributed by atoms with E-state index < -0.39 is 0 Å². The quantitative estimate of drug-likeness (QED) is 0.530. The van der Waals surface area contributed by atoms with Crippen molar-refractivity contribution in [3.05, 3.63) is 50.3 Å². The number of hydrogen-bond acceptors (Lipinski definition) is 7. The van der Waals surface area contributed by atoms with Crippen LogP contribution in [0.5, 0.6) is 0 Å². The van der Waals surface area contributed by atoms with Gasteiger partial charge in [0.05, 0.1) is 31.1 Å². The lowest BCUT2D eigenvalue weighted by atomic mass is 9.89. The van der Waals surface area contributed by atoms with Crippen molar-refractivity contribution in [1.29, 1.82) is 0 Å². The van der Waals surface area contributed by atoms with Crippen molar-refractivity contribution in [2.75, 3.05) is 36.9 Å². The van der Waals surface area contributed by atoms with Crippen LogP contribution < -0.4 is 10.6 Å². The second kappa shape index (κ2) is 7.85. The fourth-order valence-corrected chi connectivity index (χ4v) is 5.63. The summed E-state index contributed by atoms with van der Waals surface area (Å²) in [6.07, 6.45) is 0.728. The van der Waals surface area contributed by atoms with Gasteiger partial charge in [-0.3, -0.25) is 4.79 Å². The lowest BCUT2D eigenvalue weighted by Gasteiger charge is -2.36. The number of nitrogen functional groups attached to an aromatic ring is 1. The van der Waals surface area contributed by atoms with Crippen molar-refractivity contribution in [1.82, 2.24) is 4.98 Å². The zero-order chi connectivity index (χ0) is 21.8. The second-order valence-corrected chi connectivity index (χ2v) is 10.5. The number of aromatic nitrogens is 1. The van der Waals surface area contributed by atoms with Crippen molar-refractivity contribution in [2.45, 2.75) is 32.5 Å². The molecule has 5 rings (SSSR count). The van der Waals surface area contributed by atoms with Gasteiger partial charge in [-0.2, -0.15) is 0 Å².